The van der Waals surface area contributed by atoms with E-state index in [4.69, 9.17) is 4.74 Å². The third-order valence-electron chi connectivity index (χ3n) is 3.94. The van der Waals surface area contributed by atoms with Crippen molar-refractivity contribution in [1.29, 1.82) is 0 Å². The maximum absolute atomic E-state index is 12.0. The zero-order valence-corrected chi connectivity index (χ0v) is 12.5. The van der Waals surface area contributed by atoms with Gasteiger partial charge in [-0.25, -0.2) is 4.79 Å². The van der Waals surface area contributed by atoms with Crippen LogP contribution in [0.1, 0.15) is 31.1 Å². The van der Waals surface area contributed by atoms with Gasteiger partial charge in [-0.1, -0.05) is 63.7 Å². The van der Waals surface area contributed by atoms with Crippen LogP contribution >= 0.6 is 0 Å². The summed E-state index contributed by atoms with van der Waals surface area (Å²) >= 11 is 0. The molecule has 0 unspecified atom stereocenters. The third kappa shape index (κ3) is 2.72. The van der Waals surface area contributed by atoms with Crippen LogP contribution in [0.25, 0.3) is 0 Å². The Hall–Kier alpha value is -1.35. The van der Waals surface area contributed by atoms with Gasteiger partial charge < -0.3 is 4.74 Å². The van der Waals surface area contributed by atoms with Gasteiger partial charge in [-0.05, 0) is 11.3 Å². The fourth-order valence-electron chi connectivity index (χ4n) is 2.58. The molecule has 0 saturated heterocycles. The van der Waals surface area contributed by atoms with E-state index in [0.29, 0.717) is 0 Å². The van der Waals surface area contributed by atoms with Gasteiger partial charge in [-0.15, -0.1) is 0 Å². The number of benzene rings is 1. The maximum atomic E-state index is 12.0. The largest absolute Gasteiger partial charge is 0.432 e. The summed E-state index contributed by atoms with van der Waals surface area (Å²) in [4.78, 5) is 12.0. The Morgan fingerprint density at radius 2 is 1.78 bits per heavy atom. The van der Waals surface area contributed by atoms with Crippen molar-refractivity contribution in [2.24, 2.45) is 0 Å². The number of hydrogen-bond donors (Lipinski definition) is 0. The molecule has 0 aliphatic rings. The minimum atomic E-state index is -1.56. The van der Waals surface area contributed by atoms with Gasteiger partial charge in [0.05, 0.1) is 19.9 Å². The normalized spacial score (nSPS) is 11.1. The predicted molar refractivity (Wildman–Crippen MR) is 78.9 cm³/mol. The van der Waals surface area contributed by atoms with Crippen molar-refractivity contribution in [2.75, 3.05) is 0 Å². The highest BCUT2D eigenvalue weighted by atomic mass is 28.3. The Bertz CT molecular complexity index is 414. The van der Waals surface area contributed by atoms with E-state index in [0.717, 1.165) is 23.7 Å². The number of ether oxygens (including phenoxy) is 1. The molecule has 0 fully saturated rings. The quantitative estimate of drug-likeness (QED) is 0.444. The van der Waals surface area contributed by atoms with E-state index in [9.17, 15) is 4.79 Å². The highest BCUT2D eigenvalue weighted by molar-refractivity contribution is 6.92. The topological polar surface area (TPSA) is 26.3 Å². The fourth-order valence-corrected chi connectivity index (χ4v) is 6.43. The van der Waals surface area contributed by atoms with Crippen molar-refractivity contribution >= 4 is 19.2 Å². The zero-order valence-electron chi connectivity index (χ0n) is 11.5. The SMILES string of the molecule is C=COC(=O)c1ccccc1[Si](CC)(CC)CC. The molecule has 0 saturated carbocycles. The van der Waals surface area contributed by atoms with Crippen molar-refractivity contribution in [3.63, 3.8) is 0 Å². The molecule has 1 aromatic carbocycles. The van der Waals surface area contributed by atoms with Crippen molar-refractivity contribution < 1.29 is 9.53 Å². The minimum Gasteiger partial charge on any atom is -0.432 e. The van der Waals surface area contributed by atoms with Gasteiger partial charge in [0.2, 0.25) is 0 Å². The highest BCUT2D eigenvalue weighted by Gasteiger charge is 2.32. The molecular formula is C15H22O2Si. The van der Waals surface area contributed by atoms with Crippen LogP contribution in [-0.2, 0) is 4.74 Å². The van der Waals surface area contributed by atoms with Crippen LogP contribution in [0, 0.1) is 0 Å². The lowest BCUT2D eigenvalue weighted by molar-refractivity contribution is 0.0665. The molecular weight excluding hydrogens is 240 g/mol. The first-order valence-corrected chi connectivity index (χ1v) is 9.18. The molecule has 0 aliphatic heterocycles. The van der Waals surface area contributed by atoms with Gasteiger partial charge in [0.1, 0.15) is 0 Å². The van der Waals surface area contributed by atoms with Crippen LogP contribution in [0.5, 0.6) is 0 Å². The van der Waals surface area contributed by atoms with Crippen molar-refractivity contribution in [3.8, 4) is 0 Å². The summed E-state index contributed by atoms with van der Waals surface area (Å²) < 4.78 is 4.94. The van der Waals surface area contributed by atoms with Crippen LogP contribution in [0.4, 0.5) is 0 Å². The molecule has 1 rings (SSSR count). The van der Waals surface area contributed by atoms with Crippen molar-refractivity contribution in [1.82, 2.24) is 0 Å². The number of hydrogen-bond acceptors (Lipinski definition) is 2. The Morgan fingerprint density at radius 3 is 2.28 bits per heavy atom. The van der Waals surface area contributed by atoms with E-state index in [-0.39, 0.29) is 5.97 Å². The van der Waals surface area contributed by atoms with E-state index in [1.54, 1.807) is 0 Å². The molecule has 0 N–H and O–H groups in total. The lowest BCUT2D eigenvalue weighted by Crippen LogP contribution is -2.48. The molecule has 0 aromatic heterocycles. The first-order chi connectivity index (χ1) is 8.65. The summed E-state index contributed by atoms with van der Waals surface area (Å²) in [5, 5.41) is 1.23. The Balaban J connectivity index is 3.30. The summed E-state index contributed by atoms with van der Waals surface area (Å²) in [6.45, 7) is 10.1. The maximum Gasteiger partial charge on any atom is 0.342 e. The molecule has 0 radical (unpaired) electrons. The Kier molecular flexibility index (Phi) is 5.35. The summed E-state index contributed by atoms with van der Waals surface area (Å²) in [7, 11) is -1.56. The second-order valence-electron chi connectivity index (χ2n) is 4.46. The molecule has 98 valence electrons. The van der Waals surface area contributed by atoms with E-state index in [1.165, 1.54) is 11.4 Å². The third-order valence-corrected chi connectivity index (χ3v) is 9.58. The number of rotatable bonds is 6. The van der Waals surface area contributed by atoms with Gasteiger partial charge in [0.15, 0.2) is 0 Å². The molecule has 0 amide bonds. The summed E-state index contributed by atoms with van der Waals surface area (Å²) in [5.74, 6) is -0.284. The molecule has 0 aliphatic carbocycles. The standard InChI is InChI=1S/C15H22O2Si/c1-5-17-15(16)13-11-9-10-12-14(13)18(6-2,7-3)8-4/h5,9-12H,1,6-8H2,2-4H3. The summed E-state index contributed by atoms with van der Waals surface area (Å²) in [5.41, 5.74) is 0.717. The molecule has 0 heterocycles. The van der Waals surface area contributed by atoms with Crippen LogP contribution in [0.3, 0.4) is 0 Å². The Morgan fingerprint density at radius 1 is 1.22 bits per heavy atom. The lowest BCUT2D eigenvalue weighted by atomic mass is 10.2. The summed E-state index contributed by atoms with van der Waals surface area (Å²) in [6, 6.07) is 11.3. The van der Waals surface area contributed by atoms with Crippen LogP contribution in [-0.4, -0.2) is 14.0 Å². The average Bonchev–Trinajstić information content (AvgIpc) is 2.42. The van der Waals surface area contributed by atoms with Crippen LogP contribution in [0.15, 0.2) is 37.1 Å². The summed E-state index contributed by atoms with van der Waals surface area (Å²) in [6.07, 6.45) is 1.20. The molecule has 18 heavy (non-hydrogen) atoms. The van der Waals surface area contributed by atoms with Gasteiger partial charge in [-0.3, -0.25) is 0 Å². The molecule has 3 heteroatoms. The van der Waals surface area contributed by atoms with Crippen molar-refractivity contribution in [2.45, 2.75) is 38.9 Å². The number of esters is 1. The molecule has 0 atom stereocenters. The minimum absolute atomic E-state index is 0.284. The van der Waals surface area contributed by atoms with Gasteiger partial charge in [0.25, 0.3) is 0 Å². The Labute approximate surface area is 111 Å². The van der Waals surface area contributed by atoms with Crippen LogP contribution in [0.2, 0.25) is 18.1 Å². The van der Waals surface area contributed by atoms with Crippen molar-refractivity contribution in [3.05, 3.63) is 42.7 Å². The molecule has 2 nitrogen and oxygen atoms in total. The van der Waals surface area contributed by atoms with E-state index in [2.05, 4.69) is 33.4 Å². The fraction of sp³-hybridized carbons (Fsp3) is 0.400. The van der Waals surface area contributed by atoms with Gasteiger partial charge >= 0.3 is 5.97 Å². The number of carbonyl (C=O) groups is 1. The first-order valence-electron chi connectivity index (χ1n) is 6.56. The second-order valence-corrected chi connectivity index (χ2v) is 9.68. The molecule has 0 spiro atoms. The number of carbonyl (C=O) groups excluding carboxylic acids is 1. The van der Waals surface area contributed by atoms with Gasteiger partial charge in [-0.2, -0.15) is 0 Å². The monoisotopic (exact) mass is 262 g/mol. The van der Waals surface area contributed by atoms with Crippen LogP contribution < -0.4 is 5.19 Å². The lowest BCUT2D eigenvalue weighted by Gasteiger charge is -2.30. The molecule has 1 aromatic rings. The smallest absolute Gasteiger partial charge is 0.342 e. The predicted octanol–water partition coefficient (Wildman–Crippen LogP) is 3.70. The van der Waals surface area contributed by atoms with E-state index < -0.39 is 8.07 Å². The average molecular weight is 262 g/mol. The zero-order chi connectivity index (χ0) is 13.6. The second kappa shape index (κ2) is 6.54. The highest BCUT2D eigenvalue weighted by Crippen LogP contribution is 2.22. The van der Waals surface area contributed by atoms with Gasteiger partial charge in [0, 0.05) is 0 Å². The molecule has 0 bridgehead atoms. The first kappa shape index (κ1) is 14.7. The van der Waals surface area contributed by atoms with E-state index in [1.807, 2.05) is 18.2 Å². The van der Waals surface area contributed by atoms with E-state index >= 15 is 0 Å².